The van der Waals surface area contributed by atoms with Crippen molar-refractivity contribution in [3.05, 3.63) is 36.0 Å². The Bertz CT molecular complexity index is 659. The summed E-state index contributed by atoms with van der Waals surface area (Å²) in [5.41, 5.74) is 2.27. The van der Waals surface area contributed by atoms with Gasteiger partial charge in [-0.1, -0.05) is 18.2 Å². The van der Waals surface area contributed by atoms with Gasteiger partial charge in [-0.25, -0.2) is 4.99 Å². The van der Waals surface area contributed by atoms with Crippen LogP contribution in [-0.2, 0) is 16.0 Å². The number of para-hydroxylation sites is 1. The topological polar surface area (TPSA) is 70.7 Å². The second-order valence-electron chi connectivity index (χ2n) is 6.66. The van der Waals surface area contributed by atoms with Crippen LogP contribution in [0.3, 0.4) is 0 Å². The van der Waals surface area contributed by atoms with Crippen LogP contribution in [0.4, 0.5) is 0 Å². The summed E-state index contributed by atoms with van der Waals surface area (Å²) in [5.74, 6) is 1.42. The molecule has 0 amide bonds. The van der Waals surface area contributed by atoms with Crippen molar-refractivity contribution >= 4 is 16.9 Å². The van der Waals surface area contributed by atoms with Gasteiger partial charge in [-0.2, -0.15) is 0 Å². The van der Waals surface area contributed by atoms with E-state index < -0.39 is 0 Å². The molecule has 1 aliphatic rings. The van der Waals surface area contributed by atoms with Gasteiger partial charge >= 0.3 is 0 Å². The van der Waals surface area contributed by atoms with Crippen LogP contribution in [-0.4, -0.2) is 50.5 Å². The first kappa shape index (κ1) is 18.7. The molecule has 1 aromatic heterocycles. The molecule has 1 aromatic carbocycles. The summed E-state index contributed by atoms with van der Waals surface area (Å²) >= 11 is 0. The first-order chi connectivity index (χ1) is 12.8. The first-order valence-corrected chi connectivity index (χ1v) is 9.59. The van der Waals surface area contributed by atoms with Gasteiger partial charge in [-0.05, 0) is 37.3 Å². The minimum absolute atomic E-state index is 0.582. The van der Waals surface area contributed by atoms with Crippen LogP contribution in [0.2, 0.25) is 0 Å². The third-order valence-electron chi connectivity index (χ3n) is 4.47. The first-order valence-electron chi connectivity index (χ1n) is 9.59. The largest absolute Gasteiger partial charge is 0.381 e. The summed E-state index contributed by atoms with van der Waals surface area (Å²) in [4.78, 5) is 8.08. The Kier molecular flexibility index (Phi) is 7.34. The molecule has 2 heterocycles. The number of hydrogen-bond donors (Lipinski definition) is 3. The molecule has 1 fully saturated rings. The van der Waals surface area contributed by atoms with Crippen LogP contribution in [0, 0.1) is 5.92 Å². The molecular weight excluding hydrogens is 328 g/mol. The number of H-pyrrole nitrogens is 1. The molecule has 0 spiro atoms. The molecule has 3 rings (SSSR count). The molecule has 0 bridgehead atoms. The van der Waals surface area contributed by atoms with Gasteiger partial charge in [-0.3, -0.25) is 0 Å². The molecule has 3 N–H and O–H groups in total. The lowest BCUT2D eigenvalue weighted by molar-refractivity contribution is 0.0888. The van der Waals surface area contributed by atoms with Gasteiger partial charge in [0.15, 0.2) is 5.96 Å². The molecule has 6 nitrogen and oxygen atoms in total. The smallest absolute Gasteiger partial charge is 0.191 e. The third-order valence-corrected chi connectivity index (χ3v) is 4.47. The van der Waals surface area contributed by atoms with Crippen molar-refractivity contribution in [3.63, 3.8) is 0 Å². The van der Waals surface area contributed by atoms with E-state index in [1.807, 2.05) is 6.07 Å². The third kappa shape index (κ3) is 5.75. The number of fused-ring (bicyclic) bond motifs is 1. The number of aromatic nitrogens is 1. The predicted octanol–water partition coefficient (Wildman–Crippen LogP) is 2.67. The lowest BCUT2D eigenvalue weighted by Gasteiger charge is -2.12. The zero-order chi connectivity index (χ0) is 18.0. The highest BCUT2D eigenvalue weighted by atomic mass is 16.5. The van der Waals surface area contributed by atoms with Crippen LogP contribution in [0.15, 0.2) is 35.3 Å². The maximum absolute atomic E-state index is 5.74. The summed E-state index contributed by atoms with van der Waals surface area (Å²) in [5, 5.41) is 7.89. The van der Waals surface area contributed by atoms with Crippen molar-refractivity contribution in [2.24, 2.45) is 10.9 Å². The minimum atomic E-state index is 0.582. The van der Waals surface area contributed by atoms with Gasteiger partial charge in [0.1, 0.15) is 0 Å². The van der Waals surface area contributed by atoms with Crippen LogP contribution in [0.5, 0.6) is 0 Å². The van der Waals surface area contributed by atoms with Crippen molar-refractivity contribution in [1.29, 1.82) is 0 Å². The lowest BCUT2D eigenvalue weighted by atomic mass is 10.1. The molecule has 1 atom stereocenters. The van der Waals surface area contributed by atoms with Crippen LogP contribution in [0.1, 0.15) is 25.5 Å². The molecule has 1 saturated heterocycles. The Morgan fingerprint density at radius 2 is 2.27 bits per heavy atom. The summed E-state index contributed by atoms with van der Waals surface area (Å²) in [7, 11) is 0. The standard InChI is InChI=1S/C20H30N4O2/c1-2-21-20(22-9-5-10-25-14-16-8-11-26-15-16)23-13-18-12-17-6-3-4-7-19(17)24-18/h3-4,6-7,12,16,24H,2,5,8-11,13-15H2,1H3,(H2,21,22,23). The summed E-state index contributed by atoms with van der Waals surface area (Å²) in [6.45, 7) is 7.71. The second kappa shape index (κ2) is 10.2. The van der Waals surface area contributed by atoms with Crippen molar-refractivity contribution in [2.45, 2.75) is 26.3 Å². The number of nitrogens with zero attached hydrogens (tertiary/aromatic N) is 1. The molecule has 6 heteroatoms. The number of rotatable bonds is 9. The predicted molar refractivity (Wildman–Crippen MR) is 105 cm³/mol. The van der Waals surface area contributed by atoms with E-state index in [0.29, 0.717) is 12.5 Å². The van der Waals surface area contributed by atoms with E-state index in [4.69, 9.17) is 9.47 Å². The van der Waals surface area contributed by atoms with E-state index in [0.717, 1.165) is 69.5 Å². The highest BCUT2D eigenvalue weighted by Gasteiger charge is 2.15. The number of guanidine groups is 1. The van der Waals surface area contributed by atoms with E-state index in [2.05, 4.69) is 51.8 Å². The summed E-state index contributed by atoms with van der Waals surface area (Å²) in [6, 6.07) is 10.4. The van der Waals surface area contributed by atoms with Crippen molar-refractivity contribution in [1.82, 2.24) is 15.6 Å². The van der Waals surface area contributed by atoms with Gasteiger partial charge in [0.25, 0.3) is 0 Å². The summed E-state index contributed by atoms with van der Waals surface area (Å²) < 4.78 is 11.1. The molecule has 1 aliphatic heterocycles. The molecule has 0 radical (unpaired) electrons. The average Bonchev–Trinajstić information content (AvgIpc) is 3.31. The Balaban J connectivity index is 1.38. The number of hydrogen-bond acceptors (Lipinski definition) is 3. The van der Waals surface area contributed by atoms with Crippen molar-refractivity contribution in [2.75, 3.05) is 39.5 Å². The quantitative estimate of drug-likeness (QED) is 0.366. The molecule has 0 aliphatic carbocycles. The Hall–Kier alpha value is -2.05. The fourth-order valence-electron chi connectivity index (χ4n) is 3.07. The number of ether oxygens (including phenoxy) is 2. The van der Waals surface area contributed by atoms with Gasteiger partial charge in [-0.15, -0.1) is 0 Å². The van der Waals surface area contributed by atoms with E-state index >= 15 is 0 Å². The average molecular weight is 358 g/mol. The maximum Gasteiger partial charge on any atom is 0.191 e. The number of benzene rings is 1. The number of nitrogens with one attached hydrogen (secondary N) is 3. The zero-order valence-electron chi connectivity index (χ0n) is 15.6. The normalized spacial score (nSPS) is 17.7. The van der Waals surface area contributed by atoms with E-state index in [9.17, 15) is 0 Å². The van der Waals surface area contributed by atoms with Crippen LogP contribution >= 0.6 is 0 Å². The molecule has 26 heavy (non-hydrogen) atoms. The monoisotopic (exact) mass is 358 g/mol. The fourth-order valence-corrected chi connectivity index (χ4v) is 3.07. The van der Waals surface area contributed by atoms with E-state index in [1.165, 1.54) is 5.39 Å². The van der Waals surface area contributed by atoms with E-state index in [1.54, 1.807) is 0 Å². The van der Waals surface area contributed by atoms with Crippen molar-refractivity contribution < 1.29 is 9.47 Å². The molecule has 1 unspecified atom stereocenters. The second-order valence-corrected chi connectivity index (χ2v) is 6.66. The van der Waals surface area contributed by atoms with Gasteiger partial charge in [0.2, 0.25) is 0 Å². The van der Waals surface area contributed by atoms with Gasteiger partial charge in [0, 0.05) is 43.4 Å². The van der Waals surface area contributed by atoms with Crippen LogP contribution < -0.4 is 10.6 Å². The lowest BCUT2D eigenvalue weighted by Crippen LogP contribution is -2.38. The minimum Gasteiger partial charge on any atom is -0.381 e. The Morgan fingerprint density at radius 3 is 3.08 bits per heavy atom. The Morgan fingerprint density at radius 1 is 1.35 bits per heavy atom. The summed E-state index contributed by atoms with van der Waals surface area (Å²) in [6.07, 6.45) is 2.09. The van der Waals surface area contributed by atoms with Crippen molar-refractivity contribution in [3.8, 4) is 0 Å². The van der Waals surface area contributed by atoms with Crippen LogP contribution in [0.25, 0.3) is 10.9 Å². The fraction of sp³-hybridized carbons (Fsp3) is 0.550. The zero-order valence-corrected chi connectivity index (χ0v) is 15.6. The molecule has 142 valence electrons. The van der Waals surface area contributed by atoms with Gasteiger partial charge < -0.3 is 25.1 Å². The number of aliphatic imine (C=N–C) groups is 1. The SMILES string of the molecule is CCNC(=NCc1cc2ccccc2[nH]1)NCCCOCC1CCOC1. The maximum atomic E-state index is 5.74. The van der Waals surface area contributed by atoms with E-state index in [-0.39, 0.29) is 0 Å². The highest BCUT2D eigenvalue weighted by molar-refractivity contribution is 5.81. The molecule has 0 saturated carbocycles. The number of aromatic amines is 1. The highest BCUT2D eigenvalue weighted by Crippen LogP contribution is 2.15. The Labute approximate surface area is 155 Å². The molecule has 2 aromatic rings. The van der Waals surface area contributed by atoms with Gasteiger partial charge in [0.05, 0.1) is 19.8 Å². The molecular formula is C20H30N4O2.